The maximum atomic E-state index is 10.1. The number of piperidine rings is 1. The molecule has 0 saturated carbocycles. The van der Waals surface area contributed by atoms with Crippen LogP contribution >= 0.6 is 0 Å². The minimum atomic E-state index is -0.963. The summed E-state index contributed by atoms with van der Waals surface area (Å²) in [5.74, 6) is -0.963. The fraction of sp³-hybridized carbons (Fsp3) is 1.00. The highest BCUT2D eigenvalue weighted by atomic mass is 16.8. The van der Waals surface area contributed by atoms with Crippen LogP contribution in [0.25, 0.3) is 0 Å². The van der Waals surface area contributed by atoms with Crippen molar-refractivity contribution in [3.05, 3.63) is 0 Å². The number of nitrogens with zero attached hydrogens (tertiary/aromatic N) is 1. The highest BCUT2D eigenvalue weighted by Crippen LogP contribution is 2.24. The molecular weight excluding hydrogens is 182 g/mol. The monoisotopic (exact) mass is 201 g/mol. The zero-order valence-corrected chi connectivity index (χ0v) is 8.57. The molecule has 0 amide bonds. The van der Waals surface area contributed by atoms with Crippen molar-refractivity contribution in [3.8, 4) is 0 Å². The minimum absolute atomic E-state index is 0.587. The van der Waals surface area contributed by atoms with Gasteiger partial charge in [0.25, 0.3) is 0 Å². The number of hydrogen-bond acceptors (Lipinski definition) is 4. The molecule has 2 rings (SSSR count). The molecule has 0 aliphatic carbocycles. The molecule has 0 spiro atoms. The molecule has 2 aliphatic rings. The Morgan fingerprint density at radius 3 is 2.36 bits per heavy atom. The number of ether oxygens (including phenoxy) is 1. The summed E-state index contributed by atoms with van der Waals surface area (Å²) in [5, 5.41) is 12.0. The molecule has 4 nitrogen and oxygen atoms in total. The van der Waals surface area contributed by atoms with E-state index in [0.717, 1.165) is 13.1 Å². The Bertz CT molecular complexity index is 174. The SMILES string of the molecule is OC1(ON2CCCCC2)CCOCC1. The highest BCUT2D eigenvalue weighted by Gasteiger charge is 2.33. The summed E-state index contributed by atoms with van der Waals surface area (Å²) < 4.78 is 5.20. The van der Waals surface area contributed by atoms with Crippen LogP contribution in [0.2, 0.25) is 0 Å². The summed E-state index contributed by atoms with van der Waals surface area (Å²) in [5.41, 5.74) is 0. The second kappa shape index (κ2) is 4.57. The molecule has 0 aromatic heterocycles. The standard InChI is InChI=1S/C10H19NO3/c12-10(4-8-13-9-5-10)14-11-6-2-1-3-7-11/h12H,1-9H2. The first-order valence-corrected chi connectivity index (χ1v) is 5.53. The first-order valence-electron chi connectivity index (χ1n) is 5.53. The van der Waals surface area contributed by atoms with Crippen molar-refractivity contribution in [1.29, 1.82) is 0 Å². The maximum Gasteiger partial charge on any atom is 0.189 e. The van der Waals surface area contributed by atoms with Crippen LogP contribution in [-0.2, 0) is 9.57 Å². The molecule has 14 heavy (non-hydrogen) atoms. The first kappa shape index (κ1) is 10.4. The average molecular weight is 201 g/mol. The van der Waals surface area contributed by atoms with Crippen LogP contribution in [0.1, 0.15) is 32.1 Å². The van der Waals surface area contributed by atoms with Gasteiger partial charge < -0.3 is 9.84 Å². The summed E-state index contributed by atoms with van der Waals surface area (Å²) in [6, 6.07) is 0. The van der Waals surface area contributed by atoms with Gasteiger partial charge in [0.05, 0.1) is 13.2 Å². The molecule has 0 bridgehead atoms. The van der Waals surface area contributed by atoms with Crippen molar-refractivity contribution in [2.75, 3.05) is 26.3 Å². The first-order chi connectivity index (χ1) is 6.79. The summed E-state index contributed by atoms with van der Waals surface area (Å²) in [6.07, 6.45) is 4.80. The van der Waals surface area contributed by atoms with Gasteiger partial charge in [-0.05, 0) is 12.8 Å². The summed E-state index contributed by atoms with van der Waals surface area (Å²) in [7, 11) is 0. The number of hydroxylamine groups is 2. The number of hydrogen-bond donors (Lipinski definition) is 1. The third-order valence-corrected chi connectivity index (χ3v) is 2.89. The molecule has 1 N–H and O–H groups in total. The lowest BCUT2D eigenvalue weighted by molar-refractivity contribution is -0.351. The second-order valence-corrected chi connectivity index (χ2v) is 4.14. The average Bonchev–Trinajstić information content (AvgIpc) is 2.19. The lowest BCUT2D eigenvalue weighted by atomic mass is 10.1. The lowest BCUT2D eigenvalue weighted by Gasteiger charge is -2.37. The van der Waals surface area contributed by atoms with Gasteiger partial charge in [-0.25, -0.2) is 0 Å². The van der Waals surface area contributed by atoms with Gasteiger partial charge in [-0.3, -0.25) is 4.84 Å². The van der Waals surface area contributed by atoms with E-state index in [2.05, 4.69) is 0 Å². The summed E-state index contributed by atoms with van der Waals surface area (Å²) in [4.78, 5) is 5.63. The maximum absolute atomic E-state index is 10.1. The van der Waals surface area contributed by atoms with Crippen LogP contribution < -0.4 is 0 Å². The molecule has 2 fully saturated rings. The van der Waals surface area contributed by atoms with Crippen molar-refractivity contribution >= 4 is 0 Å². The zero-order chi connectivity index (χ0) is 9.86. The minimum Gasteiger partial charge on any atom is -0.381 e. The fourth-order valence-corrected chi connectivity index (χ4v) is 1.98. The molecule has 2 saturated heterocycles. The molecule has 0 radical (unpaired) electrons. The third kappa shape index (κ3) is 2.67. The van der Waals surface area contributed by atoms with Crippen LogP contribution in [0.4, 0.5) is 0 Å². The van der Waals surface area contributed by atoms with Crippen LogP contribution in [0.15, 0.2) is 0 Å². The quantitative estimate of drug-likeness (QED) is 0.674. The van der Waals surface area contributed by atoms with Gasteiger partial charge >= 0.3 is 0 Å². The predicted octanol–water partition coefficient (Wildman–Crippen LogP) is 0.903. The van der Waals surface area contributed by atoms with Gasteiger partial charge in [-0.2, -0.15) is 5.06 Å². The molecule has 0 aromatic rings. The summed E-state index contributed by atoms with van der Waals surface area (Å²) >= 11 is 0. The second-order valence-electron chi connectivity index (χ2n) is 4.14. The van der Waals surface area contributed by atoms with Gasteiger partial charge in [0, 0.05) is 25.9 Å². The van der Waals surface area contributed by atoms with Crippen LogP contribution in [0.5, 0.6) is 0 Å². The van der Waals surface area contributed by atoms with Crippen molar-refractivity contribution in [3.63, 3.8) is 0 Å². The van der Waals surface area contributed by atoms with E-state index in [1.807, 2.05) is 5.06 Å². The predicted molar refractivity (Wildman–Crippen MR) is 51.5 cm³/mol. The Labute approximate surface area is 84.7 Å². The summed E-state index contributed by atoms with van der Waals surface area (Å²) in [6.45, 7) is 3.10. The van der Waals surface area contributed by atoms with Crippen molar-refractivity contribution in [1.82, 2.24) is 5.06 Å². The van der Waals surface area contributed by atoms with Crippen LogP contribution in [0.3, 0.4) is 0 Å². The van der Waals surface area contributed by atoms with E-state index in [9.17, 15) is 5.11 Å². The van der Waals surface area contributed by atoms with Gasteiger partial charge in [0.15, 0.2) is 5.79 Å². The molecular formula is C10H19NO3. The molecule has 4 heteroatoms. The normalized spacial score (nSPS) is 28.9. The number of rotatable bonds is 2. The van der Waals surface area contributed by atoms with Gasteiger partial charge in [-0.15, -0.1) is 0 Å². The molecule has 0 unspecified atom stereocenters. The number of aliphatic hydroxyl groups is 1. The molecule has 2 aliphatic heterocycles. The molecule has 0 atom stereocenters. The van der Waals surface area contributed by atoms with E-state index in [0.29, 0.717) is 26.1 Å². The van der Waals surface area contributed by atoms with Gasteiger partial charge in [-0.1, -0.05) is 6.42 Å². The van der Waals surface area contributed by atoms with E-state index >= 15 is 0 Å². The molecule has 82 valence electrons. The van der Waals surface area contributed by atoms with E-state index in [4.69, 9.17) is 9.57 Å². The van der Waals surface area contributed by atoms with Crippen LogP contribution in [-0.4, -0.2) is 42.3 Å². The fourth-order valence-electron chi connectivity index (χ4n) is 1.98. The Hall–Kier alpha value is -0.160. The van der Waals surface area contributed by atoms with Crippen molar-refractivity contribution < 1.29 is 14.7 Å². The topological polar surface area (TPSA) is 41.9 Å². The highest BCUT2D eigenvalue weighted by molar-refractivity contribution is 4.71. The van der Waals surface area contributed by atoms with E-state index in [1.54, 1.807) is 0 Å². The van der Waals surface area contributed by atoms with Gasteiger partial charge in [0.1, 0.15) is 0 Å². The van der Waals surface area contributed by atoms with Crippen molar-refractivity contribution in [2.45, 2.75) is 37.9 Å². The van der Waals surface area contributed by atoms with Gasteiger partial charge in [0.2, 0.25) is 0 Å². The Balaban J connectivity index is 1.81. The van der Waals surface area contributed by atoms with E-state index < -0.39 is 5.79 Å². The van der Waals surface area contributed by atoms with Crippen molar-refractivity contribution in [2.24, 2.45) is 0 Å². The Morgan fingerprint density at radius 1 is 1.07 bits per heavy atom. The van der Waals surface area contributed by atoms with Crippen LogP contribution in [0, 0.1) is 0 Å². The lowest BCUT2D eigenvalue weighted by Crippen LogP contribution is -2.46. The zero-order valence-electron chi connectivity index (χ0n) is 8.57. The Kier molecular flexibility index (Phi) is 3.38. The third-order valence-electron chi connectivity index (χ3n) is 2.89. The molecule has 2 heterocycles. The van der Waals surface area contributed by atoms with E-state index in [-0.39, 0.29) is 0 Å². The smallest absolute Gasteiger partial charge is 0.189 e. The van der Waals surface area contributed by atoms with E-state index in [1.165, 1.54) is 19.3 Å². The molecule has 0 aromatic carbocycles. The Morgan fingerprint density at radius 2 is 1.71 bits per heavy atom. The largest absolute Gasteiger partial charge is 0.381 e.